The van der Waals surface area contributed by atoms with Gasteiger partial charge in [-0.25, -0.2) is 9.78 Å². The lowest BCUT2D eigenvalue weighted by atomic mass is 9.99. The number of carboxylic acid groups (broad SMARTS) is 1. The molecule has 1 aromatic carbocycles. The Morgan fingerprint density at radius 3 is 2.46 bits per heavy atom. The van der Waals surface area contributed by atoms with Crippen molar-refractivity contribution in [1.29, 1.82) is 0 Å². The number of amides is 1. The van der Waals surface area contributed by atoms with E-state index in [-0.39, 0.29) is 6.04 Å². The van der Waals surface area contributed by atoms with E-state index in [0.29, 0.717) is 31.8 Å². The largest absolute Gasteiger partial charge is 0.465 e. The number of rotatable bonds is 4. The molecule has 1 fully saturated rings. The number of nitrogens with zero attached hydrogens (tertiary/aromatic N) is 3. The molecule has 0 radical (unpaired) electrons. The molecular weight excluding hydrogens is 486 g/mol. The second kappa shape index (κ2) is 7.23. The van der Waals surface area contributed by atoms with Gasteiger partial charge in [-0.2, -0.15) is 13.2 Å². The van der Waals surface area contributed by atoms with Crippen molar-refractivity contribution in [3.8, 4) is 0 Å². The maximum Gasteiger partial charge on any atom is 0.416 e. The Morgan fingerprint density at radius 2 is 1.89 bits per heavy atom. The number of halogens is 4. The third-order valence-electron chi connectivity index (χ3n) is 5.42. The fourth-order valence-electron chi connectivity index (χ4n) is 3.86. The van der Waals surface area contributed by atoms with Crippen molar-refractivity contribution in [3.05, 3.63) is 50.6 Å². The molecule has 5 nitrogen and oxygen atoms in total. The van der Waals surface area contributed by atoms with E-state index in [2.05, 4.69) is 27.2 Å². The minimum atomic E-state index is -4.36. The number of hydrogen-bond acceptors (Lipinski definition) is 2. The first-order valence-electron chi connectivity index (χ1n) is 9.17. The zero-order chi connectivity index (χ0) is 20.1. The van der Waals surface area contributed by atoms with E-state index >= 15 is 0 Å². The van der Waals surface area contributed by atoms with Crippen molar-refractivity contribution >= 4 is 28.7 Å². The van der Waals surface area contributed by atoms with Crippen molar-refractivity contribution in [3.63, 3.8) is 0 Å². The summed E-state index contributed by atoms with van der Waals surface area (Å²) in [4.78, 5) is 17.9. The molecule has 4 rings (SSSR count). The molecule has 0 saturated heterocycles. The van der Waals surface area contributed by atoms with Gasteiger partial charge in [0.1, 0.15) is 9.53 Å². The molecule has 1 unspecified atom stereocenters. The summed E-state index contributed by atoms with van der Waals surface area (Å²) in [5.74, 6) is 1.51. The summed E-state index contributed by atoms with van der Waals surface area (Å²) in [5.41, 5.74) is 0.998. The first kappa shape index (κ1) is 19.5. The average Bonchev–Trinajstić information content (AvgIpc) is 3.43. The molecule has 1 aliphatic heterocycles. The standard InChI is InChI=1S/C19H19F3IN3O2/c20-19(21,22)13-6-1-11(2-7-13)3-8-14-15-16(23)24-17(12-4-5-12)26(15)10-9-25(14)18(27)28/h1-2,6-7,12,14H,3-5,8-10H2,(H,27,28). The number of aryl methyl sites for hydroxylation is 1. The van der Waals surface area contributed by atoms with Crippen LogP contribution in [-0.2, 0) is 19.1 Å². The van der Waals surface area contributed by atoms with Crippen molar-refractivity contribution < 1.29 is 23.1 Å². The van der Waals surface area contributed by atoms with Crippen LogP contribution < -0.4 is 0 Å². The van der Waals surface area contributed by atoms with Gasteiger partial charge in [-0.1, -0.05) is 12.1 Å². The van der Waals surface area contributed by atoms with E-state index in [4.69, 9.17) is 4.98 Å². The van der Waals surface area contributed by atoms with Gasteiger partial charge in [0.2, 0.25) is 0 Å². The van der Waals surface area contributed by atoms with Crippen LogP contribution in [0.3, 0.4) is 0 Å². The van der Waals surface area contributed by atoms with E-state index in [1.807, 2.05) is 0 Å². The van der Waals surface area contributed by atoms with Crippen LogP contribution in [-0.4, -0.2) is 32.2 Å². The zero-order valence-corrected chi connectivity index (χ0v) is 17.1. The van der Waals surface area contributed by atoms with Crippen molar-refractivity contribution in [2.24, 2.45) is 0 Å². The van der Waals surface area contributed by atoms with E-state index in [1.54, 1.807) is 0 Å². The Balaban J connectivity index is 1.57. The summed E-state index contributed by atoms with van der Waals surface area (Å²) in [6.07, 6.45) is -2.11. The molecule has 1 amide bonds. The van der Waals surface area contributed by atoms with E-state index < -0.39 is 17.8 Å². The third kappa shape index (κ3) is 3.72. The molecule has 1 saturated carbocycles. The quantitative estimate of drug-likeness (QED) is 0.592. The Kier molecular flexibility index (Phi) is 5.05. The number of fused-ring (bicyclic) bond motifs is 1. The molecule has 1 aliphatic carbocycles. The van der Waals surface area contributed by atoms with Crippen molar-refractivity contribution in [2.75, 3.05) is 6.54 Å². The Bertz CT molecular complexity index is 891. The van der Waals surface area contributed by atoms with Crippen LogP contribution in [0, 0.1) is 3.70 Å². The smallest absolute Gasteiger partial charge is 0.416 e. The van der Waals surface area contributed by atoms with E-state index in [9.17, 15) is 23.1 Å². The highest BCUT2D eigenvalue weighted by Gasteiger charge is 2.38. The van der Waals surface area contributed by atoms with Gasteiger partial charge in [0.25, 0.3) is 0 Å². The minimum absolute atomic E-state index is 0.347. The van der Waals surface area contributed by atoms with E-state index in [0.717, 1.165) is 45.8 Å². The first-order chi connectivity index (χ1) is 13.3. The van der Waals surface area contributed by atoms with Gasteiger partial charge in [-0.3, -0.25) is 4.90 Å². The summed E-state index contributed by atoms with van der Waals surface area (Å²) in [7, 11) is 0. The lowest BCUT2D eigenvalue weighted by molar-refractivity contribution is -0.137. The van der Waals surface area contributed by atoms with Crippen LogP contribution in [0.1, 0.15) is 53.9 Å². The van der Waals surface area contributed by atoms with Crippen molar-refractivity contribution in [1.82, 2.24) is 14.5 Å². The molecule has 1 atom stereocenters. The van der Waals surface area contributed by atoms with Crippen LogP contribution in [0.4, 0.5) is 18.0 Å². The van der Waals surface area contributed by atoms with E-state index in [1.165, 1.54) is 17.0 Å². The molecule has 2 aromatic rings. The summed E-state index contributed by atoms with van der Waals surface area (Å²) >= 11 is 2.16. The second-order valence-electron chi connectivity index (χ2n) is 7.30. The van der Waals surface area contributed by atoms with Gasteiger partial charge in [0.15, 0.2) is 0 Å². The van der Waals surface area contributed by atoms with Gasteiger partial charge in [-0.05, 0) is 66.0 Å². The first-order valence-corrected chi connectivity index (χ1v) is 10.2. The summed E-state index contributed by atoms with van der Waals surface area (Å²) in [5, 5.41) is 9.65. The number of hydrogen-bond donors (Lipinski definition) is 1. The SMILES string of the molecule is O=C(O)N1CCn2c(C3CC3)nc(I)c2C1CCc1ccc(C(F)(F)F)cc1. The van der Waals surface area contributed by atoms with Crippen molar-refractivity contribution in [2.45, 2.75) is 50.4 Å². The Morgan fingerprint density at radius 1 is 1.21 bits per heavy atom. The van der Waals surface area contributed by atoms with Crippen LogP contribution in [0.5, 0.6) is 0 Å². The summed E-state index contributed by atoms with van der Waals surface area (Å²) < 4.78 is 41.2. The highest BCUT2D eigenvalue weighted by Crippen LogP contribution is 2.43. The number of benzene rings is 1. The Hall–Kier alpha value is -1.78. The van der Waals surface area contributed by atoms with Gasteiger partial charge >= 0.3 is 12.3 Å². The van der Waals surface area contributed by atoms with Gasteiger partial charge in [-0.15, -0.1) is 0 Å². The molecule has 0 spiro atoms. The van der Waals surface area contributed by atoms with Gasteiger partial charge < -0.3 is 9.67 Å². The predicted molar refractivity (Wildman–Crippen MR) is 104 cm³/mol. The molecule has 1 aromatic heterocycles. The molecule has 2 heterocycles. The highest BCUT2D eigenvalue weighted by atomic mass is 127. The molecular formula is C19H19F3IN3O2. The topological polar surface area (TPSA) is 58.4 Å². The zero-order valence-electron chi connectivity index (χ0n) is 14.9. The highest BCUT2D eigenvalue weighted by molar-refractivity contribution is 14.1. The number of carbonyl (C=O) groups is 1. The van der Waals surface area contributed by atoms with Crippen LogP contribution in [0.2, 0.25) is 0 Å². The maximum absolute atomic E-state index is 12.7. The molecule has 9 heteroatoms. The van der Waals surface area contributed by atoms with Crippen LogP contribution in [0.15, 0.2) is 24.3 Å². The number of aromatic nitrogens is 2. The Labute approximate surface area is 173 Å². The second-order valence-corrected chi connectivity index (χ2v) is 8.32. The third-order valence-corrected chi connectivity index (χ3v) is 6.22. The molecule has 0 bridgehead atoms. The monoisotopic (exact) mass is 505 g/mol. The summed E-state index contributed by atoms with van der Waals surface area (Å²) in [6.45, 7) is 0.992. The normalized spacial score (nSPS) is 19.6. The maximum atomic E-state index is 12.7. The molecule has 2 aliphatic rings. The minimum Gasteiger partial charge on any atom is -0.465 e. The van der Waals surface area contributed by atoms with Gasteiger partial charge in [0.05, 0.1) is 17.3 Å². The predicted octanol–water partition coefficient (Wildman–Crippen LogP) is 5.05. The lowest BCUT2D eigenvalue weighted by Crippen LogP contribution is -2.42. The van der Waals surface area contributed by atoms with Crippen LogP contribution in [0.25, 0.3) is 0 Å². The number of alkyl halides is 3. The molecule has 1 N–H and O–H groups in total. The lowest BCUT2D eigenvalue weighted by Gasteiger charge is -2.35. The molecule has 28 heavy (non-hydrogen) atoms. The fraction of sp³-hybridized carbons (Fsp3) is 0.474. The van der Waals surface area contributed by atoms with Crippen LogP contribution >= 0.6 is 22.6 Å². The average molecular weight is 505 g/mol. The number of imidazole rings is 1. The molecule has 150 valence electrons. The van der Waals surface area contributed by atoms with Gasteiger partial charge in [0, 0.05) is 19.0 Å². The summed E-state index contributed by atoms with van der Waals surface area (Å²) in [6, 6.07) is 4.73. The fourth-order valence-corrected chi connectivity index (χ4v) is 4.75.